The van der Waals surface area contributed by atoms with Gasteiger partial charge in [0.15, 0.2) is 0 Å². The van der Waals surface area contributed by atoms with Crippen molar-refractivity contribution in [3.8, 4) is 0 Å². The van der Waals surface area contributed by atoms with E-state index in [1.807, 2.05) is 17.2 Å². The Morgan fingerprint density at radius 2 is 2.23 bits per heavy atom. The molecular formula is C17H28N4O. The van der Waals surface area contributed by atoms with Crippen LogP contribution in [0.25, 0.3) is 0 Å². The summed E-state index contributed by atoms with van der Waals surface area (Å²) in [6.45, 7) is 6.04. The van der Waals surface area contributed by atoms with Gasteiger partial charge in [-0.2, -0.15) is 0 Å². The highest BCUT2D eigenvalue weighted by molar-refractivity contribution is 5.75. The molecular weight excluding hydrogens is 276 g/mol. The van der Waals surface area contributed by atoms with E-state index < -0.39 is 0 Å². The molecule has 0 aromatic carbocycles. The van der Waals surface area contributed by atoms with Gasteiger partial charge in [-0.25, -0.2) is 4.79 Å². The Morgan fingerprint density at radius 3 is 3.00 bits per heavy atom. The highest BCUT2D eigenvalue weighted by atomic mass is 16.2. The molecule has 2 aliphatic heterocycles. The van der Waals surface area contributed by atoms with E-state index >= 15 is 0 Å². The summed E-state index contributed by atoms with van der Waals surface area (Å²) in [4.78, 5) is 20.2. The molecule has 22 heavy (non-hydrogen) atoms. The molecule has 2 aliphatic rings. The fourth-order valence-electron chi connectivity index (χ4n) is 3.78. The minimum atomic E-state index is 0.0850. The van der Waals surface area contributed by atoms with Crippen LogP contribution in [0.4, 0.5) is 4.79 Å². The molecule has 2 atom stereocenters. The van der Waals surface area contributed by atoms with Crippen molar-refractivity contribution < 1.29 is 4.79 Å². The average Bonchev–Trinajstić information content (AvgIpc) is 3.19. The molecule has 2 fully saturated rings. The van der Waals surface area contributed by atoms with Crippen LogP contribution in [0.5, 0.6) is 0 Å². The van der Waals surface area contributed by atoms with Gasteiger partial charge < -0.3 is 15.2 Å². The molecule has 0 spiro atoms. The van der Waals surface area contributed by atoms with Gasteiger partial charge in [0.05, 0.1) is 6.04 Å². The Hall–Kier alpha value is -1.49. The zero-order valence-corrected chi connectivity index (χ0v) is 13.6. The standard InChI is InChI=1S/C17H28N4O/c1-14-6-2-3-11-20(14)13-10-19-17(22)21-12-5-8-16(21)15-7-4-9-18-15/h4,7,9,14,16,18H,2-3,5-6,8,10-13H2,1H3,(H,19,22)/t14-,16-/m1/s1. The van der Waals surface area contributed by atoms with Crippen molar-refractivity contribution in [1.82, 2.24) is 20.1 Å². The fraction of sp³-hybridized carbons (Fsp3) is 0.706. The van der Waals surface area contributed by atoms with Crippen LogP contribution in [0, 0.1) is 0 Å². The van der Waals surface area contributed by atoms with Gasteiger partial charge in [-0.05, 0) is 51.3 Å². The number of amides is 2. The summed E-state index contributed by atoms with van der Waals surface area (Å²) >= 11 is 0. The quantitative estimate of drug-likeness (QED) is 0.898. The third-order valence-electron chi connectivity index (χ3n) is 5.11. The lowest BCUT2D eigenvalue weighted by Gasteiger charge is -2.33. The molecule has 2 saturated heterocycles. The summed E-state index contributed by atoms with van der Waals surface area (Å²) in [6.07, 6.45) is 7.99. The molecule has 0 unspecified atom stereocenters. The lowest BCUT2D eigenvalue weighted by Crippen LogP contribution is -2.45. The number of likely N-dealkylation sites (tertiary alicyclic amines) is 2. The van der Waals surface area contributed by atoms with Gasteiger partial charge in [-0.1, -0.05) is 6.42 Å². The number of carbonyl (C=O) groups excluding carboxylic acids is 1. The van der Waals surface area contributed by atoms with E-state index in [1.54, 1.807) is 0 Å². The van der Waals surface area contributed by atoms with Crippen molar-refractivity contribution in [2.75, 3.05) is 26.2 Å². The van der Waals surface area contributed by atoms with Crippen molar-refractivity contribution in [3.05, 3.63) is 24.0 Å². The van der Waals surface area contributed by atoms with E-state index in [0.717, 1.165) is 38.2 Å². The van der Waals surface area contributed by atoms with Crippen molar-refractivity contribution in [3.63, 3.8) is 0 Å². The van der Waals surface area contributed by atoms with Crippen molar-refractivity contribution in [2.24, 2.45) is 0 Å². The maximum atomic E-state index is 12.5. The summed E-state index contributed by atoms with van der Waals surface area (Å²) < 4.78 is 0. The number of nitrogens with one attached hydrogen (secondary N) is 2. The Morgan fingerprint density at radius 1 is 1.32 bits per heavy atom. The first kappa shape index (κ1) is 15.4. The number of nitrogens with zero attached hydrogens (tertiary/aromatic N) is 2. The van der Waals surface area contributed by atoms with E-state index in [1.165, 1.54) is 25.8 Å². The summed E-state index contributed by atoms with van der Waals surface area (Å²) in [5.41, 5.74) is 1.15. The minimum absolute atomic E-state index is 0.0850. The second kappa shape index (κ2) is 7.18. The molecule has 122 valence electrons. The monoisotopic (exact) mass is 304 g/mol. The highest BCUT2D eigenvalue weighted by Gasteiger charge is 2.30. The number of hydrogen-bond donors (Lipinski definition) is 2. The van der Waals surface area contributed by atoms with Gasteiger partial charge in [0.25, 0.3) is 0 Å². The van der Waals surface area contributed by atoms with Crippen LogP contribution in [0.2, 0.25) is 0 Å². The number of H-pyrrole nitrogens is 1. The Kier molecular flexibility index (Phi) is 5.03. The van der Waals surface area contributed by atoms with E-state index in [-0.39, 0.29) is 12.1 Å². The summed E-state index contributed by atoms with van der Waals surface area (Å²) in [5.74, 6) is 0. The molecule has 3 heterocycles. The molecule has 0 aliphatic carbocycles. The zero-order valence-electron chi connectivity index (χ0n) is 13.6. The van der Waals surface area contributed by atoms with Crippen molar-refractivity contribution in [1.29, 1.82) is 0 Å². The second-order valence-corrected chi connectivity index (χ2v) is 6.59. The van der Waals surface area contributed by atoms with E-state index in [2.05, 4.69) is 28.2 Å². The molecule has 3 rings (SSSR count). The maximum absolute atomic E-state index is 12.5. The normalized spacial score (nSPS) is 26.3. The lowest BCUT2D eigenvalue weighted by atomic mass is 10.0. The summed E-state index contributed by atoms with van der Waals surface area (Å²) in [5, 5.41) is 3.12. The molecule has 0 radical (unpaired) electrons. The van der Waals surface area contributed by atoms with Crippen molar-refractivity contribution in [2.45, 2.75) is 51.1 Å². The minimum Gasteiger partial charge on any atom is -0.363 e. The molecule has 2 amide bonds. The third-order valence-corrected chi connectivity index (χ3v) is 5.11. The first-order valence-corrected chi connectivity index (χ1v) is 8.67. The Labute approximate surface area is 133 Å². The van der Waals surface area contributed by atoms with Crippen LogP contribution >= 0.6 is 0 Å². The fourth-order valence-corrected chi connectivity index (χ4v) is 3.78. The van der Waals surface area contributed by atoms with Gasteiger partial charge in [-0.3, -0.25) is 4.90 Å². The van der Waals surface area contributed by atoms with Crippen LogP contribution in [0.3, 0.4) is 0 Å². The topological polar surface area (TPSA) is 51.4 Å². The Bertz CT molecular complexity index is 473. The van der Waals surface area contributed by atoms with Crippen LogP contribution < -0.4 is 5.32 Å². The van der Waals surface area contributed by atoms with Crippen LogP contribution in [0.15, 0.2) is 18.3 Å². The molecule has 1 aromatic heterocycles. The number of piperidine rings is 1. The first-order valence-electron chi connectivity index (χ1n) is 8.67. The summed E-state index contributed by atoms with van der Waals surface area (Å²) in [6, 6.07) is 5.03. The molecule has 5 nitrogen and oxygen atoms in total. The molecule has 1 aromatic rings. The first-order chi connectivity index (χ1) is 10.8. The average molecular weight is 304 g/mol. The summed E-state index contributed by atoms with van der Waals surface area (Å²) in [7, 11) is 0. The number of hydrogen-bond acceptors (Lipinski definition) is 2. The second-order valence-electron chi connectivity index (χ2n) is 6.59. The number of aromatic amines is 1. The van der Waals surface area contributed by atoms with Gasteiger partial charge in [0.2, 0.25) is 0 Å². The van der Waals surface area contributed by atoms with Gasteiger partial charge in [0.1, 0.15) is 0 Å². The Balaban J connectivity index is 1.47. The molecule has 0 saturated carbocycles. The lowest BCUT2D eigenvalue weighted by molar-refractivity contribution is 0.157. The van der Waals surface area contributed by atoms with E-state index in [9.17, 15) is 4.79 Å². The predicted molar refractivity (Wildman–Crippen MR) is 87.8 cm³/mol. The van der Waals surface area contributed by atoms with Crippen LogP contribution in [-0.2, 0) is 0 Å². The van der Waals surface area contributed by atoms with Gasteiger partial charge >= 0.3 is 6.03 Å². The molecule has 0 bridgehead atoms. The van der Waals surface area contributed by atoms with E-state index in [0.29, 0.717) is 6.04 Å². The predicted octanol–water partition coefficient (Wildman–Crippen LogP) is 2.74. The number of carbonyl (C=O) groups is 1. The van der Waals surface area contributed by atoms with Gasteiger partial charge in [0, 0.05) is 37.6 Å². The number of urea groups is 1. The zero-order chi connectivity index (χ0) is 15.4. The highest BCUT2D eigenvalue weighted by Crippen LogP contribution is 2.30. The van der Waals surface area contributed by atoms with Crippen LogP contribution in [-0.4, -0.2) is 53.0 Å². The van der Waals surface area contributed by atoms with Gasteiger partial charge in [-0.15, -0.1) is 0 Å². The SMILES string of the molecule is C[C@@H]1CCCCN1CCNC(=O)N1CCC[C@@H]1c1ccc[nH]1. The largest absolute Gasteiger partial charge is 0.363 e. The van der Waals surface area contributed by atoms with Crippen LogP contribution in [0.1, 0.15) is 50.8 Å². The van der Waals surface area contributed by atoms with E-state index in [4.69, 9.17) is 0 Å². The smallest absolute Gasteiger partial charge is 0.318 e. The number of rotatable bonds is 4. The molecule has 2 N–H and O–H groups in total. The molecule has 5 heteroatoms. The maximum Gasteiger partial charge on any atom is 0.318 e. The van der Waals surface area contributed by atoms with Crippen molar-refractivity contribution >= 4 is 6.03 Å². The number of aromatic nitrogens is 1. The third kappa shape index (κ3) is 3.46.